The first-order valence-electron chi connectivity index (χ1n) is 13.7. The largest absolute Gasteiger partial charge is 0.439 e. The first-order chi connectivity index (χ1) is 19.3. The molecule has 1 N–H and O–H groups in total. The second-order valence-corrected chi connectivity index (χ2v) is 16.0. The Morgan fingerprint density at radius 1 is 0.725 bits per heavy atom. The molecule has 4 aromatic rings. The average Bonchev–Trinajstić information content (AvgIpc) is 3.31. The van der Waals surface area contributed by atoms with E-state index in [1.54, 1.807) is 4.90 Å². The standard InChI is InChI=1S/C35H35NO3Si/c1-40(2,3)25-24-30(33(37)31(26-16-8-4-9-17-26)27-18-10-5-11-19-27)36-32(28-20-12-6-13-21-28)34(39-35(36)38)29-22-14-7-15-23-29/h4-23,30-34,37H,1-3H3/t30-,32-,33+,34+/m1/s1. The molecule has 0 radical (unpaired) electrons. The van der Waals surface area contributed by atoms with Gasteiger partial charge in [0.15, 0.2) is 6.10 Å². The number of hydrogen-bond acceptors (Lipinski definition) is 3. The summed E-state index contributed by atoms with van der Waals surface area (Å²) in [5, 5.41) is 12.3. The summed E-state index contributed by atoms with van der Waals surface area (Å²) < 4.78 is 6.10. The van der Waals surface area contributed by atoms with Crippen LogP contribution in [0.25, 0.3) is 0 Å². The summed E-state index contributed by atoms with van der Waals surface area (Å²) in [4.78, 5) is 15.5. The van der Waals surface area contributed by atoms with E-state index in [1.807, 2.05) is 121 Å². The number of aliphatic hydroxyl groups excluding tert-OH is 1. The SMILES string of the molecule is C[Si](C)(C)C#C[C@H]([C@H](O)C(c1ccccc1)c1ccccc1)N1C(=O)O[C@@H](c2ccccc2)[C@H]1c1ccccc1. The fourth-order valence-corrected chi connectivity index (χ4v) is 5.94. The van der Waals surface area contributed by atoms with Crippen molar-refractivity contribution >= 4 is 14.2 Å². The van der Waals surface area contributed by atoms with Crippen LogP contribution in [0.2, 0.25) is 19.6 Å². The van der Waals surface area contributed by atoms with E-state index in [0.29, 0.717) is 0 Å². The van der Waals surface area contributed by atoms with E-state index in [1.165, 1.54) is 0 Å². The van der Waals surface area contributed by atoms with E-state index in [9.17, 15) is 9.90 Å². The lowest BCUT2D eigenvalue weighted by atomic mass is 9.82. The minimum atomic E-state index is -1.87. The van der Waals surface area contributed by atoms with Crippen molar-refractivity contribution in [2.45, 2.75) is 49.9 Å². The molecule has 4 atom stereocenters. The van der Waals surface area contributed by atoms with Gasteiger partial charge in [0.05, 0.1) is 6.10 Å². The summed E-state index contributed by atoms with van der Waals surface area (Å²) in [5.41, 5.74) is 7.23. The van der Waals surface area contributed by atoms with Crippen LogP contribution in [-0.2, 0) is 4.74 Å². The maximum absolute atomic E-state index is 13.8. The highest BCUT2D eigenvalue weighted by Gasteiger charge is 2.49. The van der Waals surface area contributed by atoms with Crippen molar-refractivity contribution in [2.75, 3.05) is 0 Å². The van der Waals surface area contributed by atoms with Gasteiger partial charge in [-0.2, -0.15) is 0 Å². The second-order valence-electron chi connectivity index (χ2n) is 11.2. The molecule has 0 aliphatic carbocycles. The molecule has 1 amide bonds. The minimum absolute atomic E-state index is 0.400. The molecule has 1 aliphatic heterocycles. The number of benzene rings is 4. The van der Waals surface area contributed by atoms with Crippen molar-refractivity contribution in [1.82, 2.24) is 4.90 Å². The summed E-state index contributed by atoms with van der Waals surface area (Å²) >= 11 is 0. The Balaban J connectivity index is 1.67. The van der Waals surface area contributed by atoms with E-state index in [0.717, 1.165) is 22.3 Å². The zero-order valence-electron chi connectivity index (χ0n) is 23.1. The molecule has 4 aromatic carbocycles. The van der Waals surface area contributed by atoms with Crippen LogP contribution in [0.1, 0.15) is 40.3 Å². The van der Waals surface area contributed by atoms with Gasteiger partial charge in [0.1, 0.15) is 20.2 Å². The Bertz CT molecular complexity index is 1420. The number of cyclic esters (lactones) is 1. The average molecular weight is 546 g/mol. The maximum atomic E-state index is 13.8. The molecule has 0 spiro atoms. The van der Waals surface area contributed by atoms with Gasteiger partial charge in [0, 0.05) is 5.92 Å². The molecule has 1 aliphatic rings. The number of ether oxygens (including phenoxy) is 1. The zero-order valence-corrected chi connectivity index (χ0v) is 24.1. The van der Waals surface area contributed by atoms with Gasteiger partial charge in [0.2, 0.25) is 0 Å². The highest BCUT2D eigenvalue weighted by atomic mass is 28.3. The van der Waals surface area contributed by atoms with Gasteiger partial charge in [-0.1, -0.05) is 147 Å². The number of carbonyl (C=O) groups excluding carboxylic acids is 1. The second kappa shape index (κ2) is 12.0. The van der Waals surface area contributed by atoms with Crippen LogP contribution in [0.15, 0.2) is 121 Å². The Kier molecular flexibility index (Phi) is 8.21. The van der Waals surface area contributed by atoms with Crippen LogP contribution in [0.4, 0.5) is 4.79 Å². The van der Waals surface area contributed by atoms with Gasteiger partial charge in [-0.3, -0.25) is 4.90 Å². The van der Waals surface area contributed by atoms with E-state index < -0.39 is 44.4 Å². The third-order valence-corrected chi connectivity index (χ3v) is 8.07. The molecule has 1 heterocycles. The van der Waals surface area contributed by atoms with Crippen LogP contribution in [-0.4, -0.2) is 36.3 Å². The maximum Gasteiger partial charge on any atom is 0.412 e. The van der Waals surface area contributed by atoms with Gasteiger partial charge in [-0.25, -0.2) is 4.79 Å². The molecule has 1 saturated heterocycles. The lowest BCUT2D eigenvalue weighted by molar-refractivity contribution is 0.0708. The van der Waals surface area contributed by atoms with Gasteiger partial charge in [-0.05, 0) is 22.3 Å². The van der Waals surface area contributed by atoms with Crippen LogP contribution in [0.3, 0.4) is 0 Å². The summed E-state index contributed by atoms with van der Waals surface area (Å²) in [6, 6.07) is 38.4. The highest BCUT2D eigenvalue weighted by Crippen LogP contribution is 2.45. The summed E-state index contributed by atoms with van der Waals surface area (Å²) in [6.07, 6.45) is -2.02. The fraction of sp³-hybridized carbons (Fsp3) is 0.229. The van der Waals surface area contributed by atoms with Crippen LogP contribution in [0, 0.1) is 11.5 Å². The summed E-state index contributed by atoms with van der Waals surface area (Å²) in [7, 11) is -1.87. The number of carbonyl (C=O) groups is 1. The fourth-order valence-electron chi connectivity index (χ4n) is 5.36. The molecular formula is C35H35NO3Si. The molecule has 1 fully saturated rings. The third-order valence-electron chi connectivity index (χ3n) is 7.17. The number of rotatable bonds is 7. The lowest BCUT2D eigenvalue weighted by Crippen LogP contribution is -2.47. The van der Waals surface area contributed by atoms with Crippen molar-refractivity contribution < 1.29 is 14.6 Å². The van der Waals surface area contributed by atoms with Gasteiger partial charge >= 0.3 is 6.09 Å². The number of nitrogens with zero attached hydrogens (tertiary/aromatic N) is 1. The Hall–Kier alpha value is -4.11. The van der Waals surface area contributed by atoms with E-state index >= 15 is 0 Å². The first-order valence-corrected chi connectivity index (χ1v) is 17.2. The molecule has 40 heavy (non-hydrogen) atoms. The Morgan fingerprint density at radius 3 is 1.65 bits per heavy atom. The molecule has 0 aromatic heterocycles. The number of amides is 1. The Morgan fingerprint density at radius 2 is 1.18 bits per heavy atom. The molecule has 0 saturated carbocycles. The number of hydrogen-bond donors (Lipinski definition) is 1. The van der Waals surface area contributed by atoms with Crippen LogP contribution in [0.5, 0.6) is 0 Å². The monoisotopic (exact) mass is 545 g/mol. The molecule has 0 unspecified atom stereocenters. The van der Waals surface area contributed by atoms with Crippen LogP contribution >= 0.6 is 0 Å². The predicted octanol–water partition coefficient (Wildman–Crippen LogP) is 7.36. The first kappa shape index (κ1) is 27.5. The number of aliphatic hydroxyl groups is 1. The van der Waals surface area contributed by atoms with Gasteiger partial charge in [-0.15, -0.1) is 5.54 Å². The van der Waals surface area contributed by atoms with Crippen molar-refractivity contribution in [2.24, 2.45) is 0 Å². The van der Waals surface area contributed by atoms with Crippen molar-refractivity contribution in [3.63, 3.8) is 0 Å². The Labute approximate surface area is 238 Å². The van der Waals surface area contributed by atoms with Gasteiger partial charge < -0.3 is 9.84 Å². The quantitative estimate of drug-likeness (QED) is 0.195. The van der Waals surface area contributed by atoms with E-state index in [-0.39, 0.29) is 0 Å². The molecule has 5 heteroatoms. The smallest absolute Gasteiger partial charge is 0.412 e. The van der Waals surface area contributed by atoms with E-state index in [2.05, 4.69) is 31.1 Å². The molecule has 4 nitrogen and oxygen atoms in total. The highest BCUT2D eigenvalue weighted by molar-refractivity contribution is 6.83. The zero-order chi connectivity index (χ0) is 28.1. The topological polar surface area (TPSA) is 49.8 Å². The van der Waals surface area contributed by atoms with Crippen molar-refractivity contribution in [1.29, 1.82) is 0 Å². The van der Waals surface area contributed by atoms with Crippen molar-refractivity contribution in [3.05, 3.63) is 144 Å². The van der Waals surface area contributed by atoms with Gasteiger partial charge in [0.25, 0.3) is 0 Å². The summed E-state index contributed by atoms with van der Waals surface area (Å²) in [5.74, 6) is 3.01. The predicted molar refractivity (Wildman–Crippen MR) is 162 cm³/mol. The van der Waals surface area contributed by atoms with Crippen molar-refractivity contribution in [3.8, 4) is 11.5 Å². The molecule has 202 valence electrons. The lowest BCUT2D eigenvalue weighted by Gasteiger charge is -2.36. The molecule has 5 rings (SSSR count). The van der Waals surface area contributed by atoms with Crippen LogP contribution < -0.4 is 0 Å². The van der Waals surface area contributed by atoms with E-state index in [4.69, 9.17) is 4.74 Å². The minimum Gasteiger partial charge on any atom is -0.439 e. The molecule has 0 bridgehead atoms. The normalized spacial score (nSPS) is 18.5. The molecular weight excluding hydrogens is 510 g/mol. The third kappa shape index (κ3) is 6.04. The summed E-state index contributed by atoms with van der Waals surface area (Å²) in [6.45, 7) is 6.50.